The number of likely N-dealkylation sites (tertiary alicyclic amines) is 1. The van der Waals surface area contributed by atoms with E-state index in [1.54, 1.807) is 4.90 Å². The van der Waals surface area contributed by atoms with E-state index in [-0.39, 0.29) is 21.4 Å². The van der Waals surface area contributed by atoms with Crippen LogP contribution in [0.2, 0.25) is 5.02 Å². The second-order valence-corrected chi connectivity index (χ2v) is 7.70. The summed E-state index contributed by atoms with van der Waals surface area (Å²) in [6, 6.07) is 3.90. The summed E-state index contributed by atoms with van der Waals surface area (Å²) in [7, 11) is 1.41. The molecule has 1 fully saturated rings. The minimum Gasteiger partial charge on any atom is -0.338 e. The van der Waals surface area contributed by atoms with E-state index >= 15 is 0 Å². The fourth-order valence-electron chi connectivity index (χ4n) is 2.11. The predicted octanol–water partition coefficient (Wildman–Crippen LogP) is 2.75. The smallest absolute Gasteiger partial charge is 0.261 e. The Bertz CT molecular complexity index is 615. The van der Waals surface area contributed by atoms with Gasteiger partial charge in [-0.2, -0.15) is 0 Å². The predicted molar refractivity (Wildman–Crippen MR) is 74.2 cm³/mol. The van der Waals surface area contributed by atoms with Crippen LogP contribution in [0.25, 0.3) is 0 Å². The van der Waals surface area contributed by atoms with Gasteiger partial charge in [-0.1, -0.05) is 18.5 Å². The Kier molecular flexibility index (Phi) is 4.08. The van der Waals surface area contributed by atoms with E-state index in [4.69, 9.17) is 22.3 Å². The van der Waals surface area contributed by atoms with Crippen LogP contribution in [0, 0.1) is 5.92 Å². The molecule has 1 atom stereocenters. The van der Waals surface area contributed by atoms with Crippen LogP contribution in [0.4, 0.5) is 0 Å². The Morgan fingerprint density at radius 1 is 1.42 bits per heavy atom. The van der Waals surface area contributed by atoms with Gasteiger partial charge >= 0.3 is 0 Å². The fraction of sp³-hybridized carbons (Fsp3) is 0.417. The molecule has 2 rings (SSSR count). The Morgan fingerprint density at radius 2 is 2.11 bits per heavy atom. The first-order valence-corrected chi connectivity index (χ1v) is 8.51. The Labute approximate surface area is 121 Å². The lowest BCUT2D eigenvalue weighted by molar-refractivity contribution is 0.0788. The number of rotatable bonds is 2. The number of halogens is 2. The fourth-order valence-corrected chi connectivity index (χ4v) is 3.09. The van der Waals surface area contributed by atoms with Crippen LogP contribution in [0.3, 0.4) is 0 Å². The molecular formula is C12H13Cl2NO3S. The summed E-state index contributed by atoms with van der Waals surface area (Å²) in [5.74, 6) is 0.194. The largest absolute Gasteiger partial charge is 0.338 e. The molecule has 0 radical (unpaired) electrons. The zero-order valence-corrected chi connectivity index (χ0v) is 12.6. The highest BCUT2D eigenvalue weighted by molar-refractivity contribution is 8.13. The zero-order chi connectivity index (χ0) is 14.2. The van der Waals surface area contributed by atoms with Gasteiger partial charge in [0.1, 0.15) is 0 Å². The molecule has 0 aromatic heterocycles. The van der Waals surface area contributed by atoms with Crippen molar-refractivity contribution in [2.45, 2.75) is 18.2 Å². The van der Waals surface area contributed by atoms with Crippen LogP contribution >= 0.6 is 22.3 Å². The topological polar surface area (TPSA) is 54.5 Å². The van der Waals surface area contributed by atoms with Crippen LogP contribution in [0.5, 0.6) is 0 Å². The van der Waals surface area contributed by atoms with E-state index < -0.39 is 9.05 Å². The van der Waals surface area contributed by atoms with Gasteiger partial charge in [-0.05, 0) is 30.5 Å². The van der Waals surface area contributed by atoms with Crippen LogP contribution in [-0.2, 0) is 9.05 Å². The van der Waals surface area contributed by atoms with E-state index in [0.29, 0.717) is 19.0 Å². The molecule has 0 spiro atoms. The number of carbonyl (C=O) groups is 1. The van der Waals surface area contributed by atoms with E-state index in [1.807, 2.05) is 0 Å². The van der Waals surface area contributed by atoms with Crippen molar-refractivity contribution >= 4 is 37.2 Å². The number of hydrogen-bond donors (Lipinski definition) is 0. The highest BCUT2D eigenvalue weighted by Gasteiger charge is 2.26. The maximum Gasteiger partial charge on any atom is 0.261 e. The average Bonchev–Trinajstić information content (AvgIpc) is 2.74. The number of amides is 1. The third-order valence-electron chi connectivity index (χ3n) is 3.16. The standard InChI is InChI=1S/C12H13Cl2NO3S/c1-8-4-5-15(7-8)12(16)10-6-9(19(14,17)18)2-3-11(10)13/h2-3,6,8H,4-5,7H2,1H3. The van der Waals surface area contributed by atoms with Crippen LogP contribution in [0.1, 0.15) is 23.7 Å². The van der Waals surface area contributed by atoms with Gasteiger partial charge in [-0.25, -0.2) is 8.42 Å². The van der Waals surface area contributed by atoms with Gasteiger partial charge in [0.2, 0.25) is 0 Å². The number of carbonyl (C=O) groups excluding carboxylic acids is 1. The average molecular weight is 322 g/mol. The zero-order valence-electron chi connectivity index (χ0n) is 10.3. The summed E-state index contributed by atoms with van der Waals surface area (Å²) in [6.45, 7) is 3.38. The van der Waals surface area contributed by atoms with Crippen molar-refractivity contribution in [3.8, 4) is 0 Å². The Hall–Kier alpha value is -0.780. The number of hydrogen-bond acceptors (Lipinski definition) is 3. The van der Waals surface area contributed by atoms with Crippen molar-refractivity contribution in [1.29, 1.82) is 0 Å². The van der Waals surface area contributed by atoms with E-state index in [0.717, 1.165) is 6.42 Å². The molecule has 1 unspecified atom stereocenters. The molecule has 1 aromatic carbocycles. The molecule has 1 aliphatic heterocycles. The van der Waals surface area contributed by atoms with Crippen LogP contribution in [-0.4, -0.2) is 32.3 Å². The Morgan fingerprint density at radius 3 is 2.63 bits per heavy atom. The molecule has 1 aromatic rings. The van der Waals surface area contributed by atoms with Gasteiger partial charge in [-0.3, -0.25) is 4.79 Å². The van der Waals surface area contributed by atoms with Crippen molar-refractivity contribution in [3.63, 3.8) is 0 Å². The third-order valence-corrected chi connectivity index (χ3v) is 4.84. The van der Waals surface area contributed by atoms with Gasteiger partial charge in [0.05, 0.1) is 15.5 Å². The lowest BCUT2D eigenvalue weighted by Gasteiger charge is -2.17. The molecular weight excluding hydrogens is 309 g/mol. The molecule has 104 valence electrons. The molecule has 0 aliphatic carbocycles. The Balaban J connectivity index is 2.36. The van der Waals surface area contributed by atoms with E-state index in [2.05, 4.69) is 6.92 Å². The summed E-state index contributed by atoms with van der Waals surface area (Å²) in [5.41, 5.74) is 0.178. The normalized spacial score (nSPS) is 19.7. The van der Waals surface area contributed by atoms with Gasteiger partial charge in [0.25, 0.3) is 15.0 Å². The summed E-state index contributed by atoms with van der Waals surface area (Å²) in [5, 5.41) is 0.230. The summed E-state index contributed by atoms with van der Waals surface area (Å²) in [6.07, 6.45) is 0.941. The second-order valence-electron chi connectivity index (χ2n) is 4.72. The molecule has 0 N–H and O–H groups in total. The van der Waals surface area contributed by atoms with Crippen molar-refractivity contribution in [2.24, 2.45) is 5.92 Å². The maximum atomic E-state index is 12.3. The van der Waals surface area contributed by atoms with Crippen molar-refractivity contribution in [1.82, 2.24) is 4.90 Å². The molecule has 7 heteroatoms. The van der Waals surface area contributed by atoms with Gasteiger partial charge in [0.15, 0.2) is 0 Å². The number of nitrogens with zero attached hydrogens (tertiary/aromatic N) is 1. The summed E-state index contributed by atoms with van der Waals surface area (Å²) >= 11 is 5.97. The molecule has 1 saturated heterocycles. The highest BCUT2D eigenvalue weighted by atomic mass is 35.7. The quantitative estimate of drug-likeness (QED) is 0.787. The monoisotopic (exact) mass is 321 g/mol. The molecule has 19 heavy (non-hydrogen) atoms. The molecule has 1 heterocycles. The first kappa shape index (κ1) is 14.6. The van der Waals surface area contributed by atoms with Crippen molar-refractivity contribution < 1.29 is 13.2 Å². The van der Waals surface area contributed by atoms with Crippen LogP contribution in [0.15, 0.2) is 23.1 Å². The third kappa shape index (κ3) is 3.22. The lowest BCUT2D eigenvalue weighted by atomic mass is 10.2. The molecule has 0 saturated carbocycles. The lowest BCUT2D eigenvalue weighted by Crippen LogP contribution is -2.28. The minimum atomic E-state index is -3.87. The van der Waals surface area contributed by atoms with Crippen LogP contribution < -0.4 is 0 Å². The molecule has 0 bridgehead atoms. The van der Waals surface area contributed by atoms with Gasteiger partial charge < -0.3 is 4.90 Å². The molecule has 1 amide bonds. The maximum absolute atomic E-state index is 12.3. The first-order chi connectivity index (χ1) is 8.79. The molecule has 4 nitrogen and oxygen atoms in total. The van der Waals surface area contributed by atoms with Gasteiger partial charge in [0, 0.05) is 23.8 Å². The molecule has 1 aliphatic rings. The summed E-state index contributed by atoms with van der Waals surface area (Å²) < 4.78 is 22.6. The summed E-state index contributed by atoms with van der Waals surface area (Å²) in [4.78, 5) is 13.9. The SMILES string of the molecule is CC1CCN(C(=O)c2cc(S(=O)(=O)Cl)ccc2Cl)C1. The minimum absolute atomic E-state index is 0.117. The second kappa shape index (κ2) is 5.31. The van der Waals surface area contributed by atoms with E-state index in [9.17, 15) is 13.2 Å². The van der Waals surface area contributed by atoms with Crippen molar-refractivity contribution in [3.05, 3.63) is 28.8 Å². The van der Waals surface area contributed by atoms with E-state index in [1.165, 1.54) is 18.2 Å². The first-order valence-electron chi connectivity index (χ1n) is 5.82. The van der Waals surface area contributed by atoms with Crippen molar-refractivity contribution in [2.75, 3.05) is 13.1 Å². The number of benzene rings is 1. The highest BCUT2D eigenvalue weighted by Crippen LogP contribution is 2.26. The van der Waals surface area contributed by atoms with Gasteiger partial charge in [-0.15, -0.1) is 0 Å².